The van der Waals surface area contributed by atoms with Crippen molar-refractivity contribution in [3.63, 3.8) is 0 Å². The number of nitrogens with two attached hydrogens (primary N) is 2. The molecule has 2 aromatic rings. The zero-order valence-corrected chi connectivity index (χ0v) is 16.6. The Morgan fingerprint density at radius 2 is 1.93 bits per heavy atom. The number of halogens is 3. The lowest BCUT2D eigenvalue weighted by atomic mass is 10.0. The third kappa shape index (κ3) is 4.39. The monoisotopic (exact) mass is 409 g/mol. The van der Waals surface area contributed by atoms with Crippen LogP contribution in [0.25, 0.3) is 11.4 Å². The molecule has 6 nitrogen and oxygen atoms in total. The molecule has 0 radical (unpaired) electrons. The van der Waals surface area contributed by atoms with Crippen LogP contribution in [0.5, 0.6) is 0 Å². The van der Waals surface area contributed by atoms with E-state index in [2.05, 4.69) is 14.9 Å². The van der Waals surface area contributed by atoms with Crippen LogP contribution in [0.2, 0.25) is 0 Å². The number of ether oxygens (including phenoxy) is 1. The highest BCUT2D eigenvalue weighted by Crippen LogP contribution is 2.43. The lowest BCUT2D eigenvalue weighted by Gasteiger charge is -2.26. The van der Waals surface area contributed by atoms with E-state index in [-0.39, 0.29) is 23.1 Å². The molecule has 1 aromatic heterocycles. The van der Waals surface area contributed by atoms with Crippen LogP contribution in [-0.4, -0.2) is 36.3 Å². The number of methoxy groups -OCH3 is 1. The number of hydrogen-bond acceptors (Lipinski definition) is 6. The second-order valence-corrected chi connectivity index (χ2v) is 7.23. The summed E-state index contributed by atoms with van der Waals surface area (Å²) in [6.45, 7) is 3.27. The summed E-state index contributed by atoms with van der Waals surface area (Å²) in [7, 11) is 1.63. The topological polar surface area (TPSA) is 90.3 Å². The summed E-state index contributed by atoms with van der Waals surface area (Å²) >= 11 is 0. The van der Waals surface area contributed by atoms with E-state index in [0.717, 1.165) is 31.9 Å². The fraction of sp³-hybridized carbons (Fsp3) is 0.500. The summed E-state index contributed by atoms with van der Waals surface area (Å²) in [6, 6.07) is 4.49. The van der Waals surface area contributed by atoms with Crippen LogP contribution < -0.4 is 16.4 Å². The van der Waals surface area contributed by atoms with Gasteiger partial charge in [-0.2, -0.15) is 13.2 Å². The number of alkyl halides is 3. The van der Waals surface area contributed by atoms with Crippen molar-refractivity contribution < 1.29 is 17.9 Å². The Hall–Kier alpha value is -2.55. The first-order valence-corrected chi connectivity index (χ1v) is 9.65. The van der Waals surface area contributed by atoms with Crippen molar-refractivity contribution in [2.24, 2.45) is 0 Å². The van der Waals surface area contributed by atoms with Crippen molar-refractivity contribution in [2.45, 2.75) is 44.8 Å². The molecule has 1 aromatic carbocycles. The van der Waals surface area contributed by atoms with Gasteiger partial charge in [-0.3, -0.25) is 0 Å². The number of nitrogens with zero attached hydrogens (tertiary/aromatic N) is 3. The van der Waals surface area contributed by atoms with Crippen LogP contribution in [-0.2, 0) is 17.3 Å². The second kappa shape index (κ2) is 8.44. The maximum atomic E-state index is 13.8. The Labute approximate surface area is 168 Å². The van der Waals surface area contributed by atoms with Gasteiger partial charge in [0.2, 0.25) is 0 Å². The molecule has 0 amide bonds. The lowest BCUT2D eigenvalue weighted by Crippen LogP contribution is -2.33. The number of benzene rings is 1. The fourth-order valence-electron chi connectivity index (χ4n) is 3.81. The number of anilines is 3. The highest BCUT2D eigenvalue weighted by molar-refractivity contribution is 5.81. The van der Waals surface area contributed by atoms with Gasteiger partial charge in [0.05, 0.1) is 23.8 Å². The van der Waals surface area contributed by atoms with Gasteiger partial charge in [-0.05, 0) is 31.4 Å². The molecule has 4 N–H and O–H groups in total. The number of hydrogen-bond donors (Lipinski definition) is 2. The first-order chi connectivity index (χ1) is 13.8. The summed E-state index contributed by atoms with van der Waals surface area (Å²) < 4.78 is 46.6. The maximum absolute atomic E-state index is 13.8. The largest absolute Gasteiger partial charge is 0.419 e. The predicted octanol–water partition coefficient (Wildman–Crippen LogP) is 3.89. The van der Waals surface area contributed by atoms with Gasteiger partial charge in [0.15, 0.2) is 5.82 Å². The minimum Gasteiger partial charge on any atom is -0.398 e. The standard InChI is InChI=1S/C20H26F3N5O/c1-3-5-12-10-16(28-9-4-6-13(28)11-29-2)27-19(26-12)17-14(24)7-8-15(25)18(17)20(21,22)23/h7-8,10,13H,3-6,9,11,24-25H2,1-2H3. The van der Waals surface area contributed by atoms with Gasteiger partial charge in [-0.25, -0.2) is 9.97 Å². The molecule has 1 aliphatic rings. The summed E-state index contributed by atoms with van der Waals surface area (Å²) in [5, 5.41) is 0. The molecular weight excluding hydrogens is 383 g/mol. The van der Waals surface area contributed by atoms with Crippen molar-refractivity contribution in [2.75, 3.05) is 36.6 Å². The molecule has 1 unspecified atom stereocenters. The van der Waals surface area contributed by atoms with Crippen LogP contribution in [0.1, 0.15) is 37.4 Å². The van der Waals surface area contributed by atoms with Gasteiger partial charge in [-0.15, -0.1) is 0 Å². The highest BCUT2D eigenvalue weighted by Gasteiger charge is 2.38. The molecule has 158 valence electrons. The van der Waals surface area contributed by atoms with Crippen LogP contribution in [0, 0.1) is 0 Å². The van der Waals surface area contributed by atoms with Gasteiger partial charge in [0, 0.05) is 36.8 Å². The van der Waals surface area contributed by atoms with Gasteiger partial charge >= 0.3 is 6.18 Å². The second-order valence-electron chi connectivity index (χ2n) is 7.23. The Balaban J connectivity index is 2.19. The van der Waals surface area contributed by atoms with E-state index in [1.165, 1.54) is 6.07 Å². The molecule has 0 saturated carbocycles. The number of aryl methyl sites for hydroxylation is 1. The van der Waals surface area contributed by atoms with Crippen LogP contribution in [0.4, 0.5) is 30.4 Å². The average molecular weight is 409 g/mol. The third-order valence-corrected chi connectivity index (χ3v) is 5.08. The highest BCUT2D eigenvalue weighted by atomic mass is 19.4. The molecule has 0 bridgehead atoms. The molecular formula is C20H26F3N5O. The zero-order valence-electron chi connectivity index (χ0n) is 16.6. The average Bonchev–Trinajstić information content (AvgIpc) is 3.11. The molecule has 1 aliphatic heterocycles. The first-order valence-electron chi connectivity index (χ1n) is 9.65. The predicted molar refractivity (Wildman–Crippen MR) is 108 cm³/mol. The van der Waals surface area contributed by atoms with E-state index >= 15 is 0 Å². The minimum absolute atomic E-state index is 0.0499. The van der Waals surface area contributed by atoms with Gasteiger partial charge in [0.1, 0.15) is 5.82 Å². The molecule has 3 rings (SSSR count). The molecule has 29 heavy (non-hydrogen) atoms. The molecule has 1 atom stereocenters. The van der Waals surface area contributed by atoms with E-state index in [1.54, 1.807) is 7.11 Å². The van der Waals surface area contributed by atoms with E-state index in [4.69, 9.17) is 16.2 Å². The number of rotatable bonds is 6. The normalized spacial score (nSPS) is 17.1. The van der Waals surface area contributed by atoms with Crippen molar-refractivity contribution in [3.8, 4) is 11.4 Å². The van der Waals surface area contributed by atoms with Crippen molar-refractivity contribution in [1.29, 1.82) is 0 Å². The molecule has 2 heterocycles. The fourth-order valence-corrected chi connectivity index (χ4v) is 3.81. The van der Waals surface area contributed by atoms with Crippen molar-refractivity contribution >= 4 is 17.2 Å². The Kier molecular flexibility index (Phi) is 6.16. The maximum Gasteiger partial charge on any atom is 0.419 e. The Bertz CT molecular complexity index is 872. The van der Waals surface area contributed by atoms with E-state index < -0.39 is 17.4 Å². The van der Waals surface area contributed by atoms with Gasteiger partial charge < -0.3 is 21.1 Å². The summed E-state index contributed by atoms with van der Waals surface area (Å²) in [5.74, 6) is 0.541. The smallest absolute Gasteiger partial charge is 0.398 e. The van der Waals surface area contributed by atoms with Crippen LogP contribution >= 0.6 is 0 Å². The zero-order chi connectivity index (χ0) is 21.2. The van der Waals surface area contributed by atoms with Crippen LogP contribution in [0.15, 0.2) is 18.2 Å². The molecule has 1 saturated heterocycles. The molecule has 9 heteroatoms. The van der Waals surface area contributed by atoms with E-state index in [9.17, 15) is 13.2 Å². The number of aromatic nitrogens is 2. The van der Waals surface area contributed by atoms with Crippen LogP contribution in [0.3, 0.4) is 0 Å². The molecule has 1 fully saturated rings. The van der Waals surface area contributed by atoms with Crippen molar-refractivity contribution in [3.05, 3.63) is 29.5 Å². The third-order valence-electron chi connectivity index (χ3n) is 5.08. The van der Waals surface area contributed by atoms with E-state index in [1.807, 2.05) is 13.0 Å². The minimum atomic E-state index is -4.68. The summed E-state index contributed by atoms with van der Waals surface area (Å²) in [4.78, 5) is 11.0. The summed E-state index contributed by atoms with van der Waals surface area (Å²) in [5.41, 5.74) is 10.6. The summed E-state index contributed by atoms with van der Waals surface area (Å²) in [6.07, 6.45) is -1.36. The van der Waals surface area contributed by atoms with E-state index in [0.29, 0.717) is 24.5 Å². The van der Waals surface area contributed by atoms with Crippen molar-refractivity contribution in [1.82, 2.24) is 9.97 Å². The van der Waals surface area contributed by atoms with Gasteiger partial charge in [0.25, 0.3) is 0 Å². The SMILES string of the molecule is CCCc1cc(N2CCCC2COC)nc(-c2c(N)ccc(N)c2C(F)(F)F)n1. The van der Waals surface area contributed by atoms with Gasteiger partial charge in [-0.1, -0.05) is 13.3 Å². The quantitative estimate of drug-likeness (QED) is 0.704. The lowest BCUT2D eigenvalue weighted by molar-refractivity contribution is -0.136. The number of nitrogen functional groups attached to an aromatic ring is 2. The molecule has 0 aliphatic carbocycles. The Morgan fingerprint density at radius 3 is 2.59 bits per heavy atom. The Morgan fingerprint density at radius 1 is 1.21 bits per heavy atom. The molecule has 0 spiro atoms. The first kappa shape index (κ1) is 21.2.